The summed E-state index contributed by atoms with van der Waals surface area (Å²) in [6.45, 7) is 7.19. The summed E-state index contributed by atoms with van der Waals surface area (Å²) in [4.78, 5) is 0. The Morgan fingerprint density at radius 3 is 2.42 bits per heavy atom. The lowest BCUT2D eigenvalue weighted by molar-refractivity contribution is -0.187. The Hall–Kier alpha value is -0.250. The lowest BCUT2D eigenvalue weighted by Gasteiger charge is -2.38. The first-order valence-corrected chi connectivity index (χ1v) is 7.70. The van der Waals surface area contributed by atoms with Crippen LogP contribution in [0.4, 0.5) is 13.2 Å². The fourth-order valence-electron chi connectivity index (χ4n) is 3.55. The predicted molar refractivity (Wildman–Crippen MR) is 73.0 cm³/mol. The van der Waals surface area contributed by atoms with Crippen LogP contribution in [0.2, 0.25) is 0 Å². The number of alkyl halides is 3. The van der Waals surface area contributed by atoms with Crippen molar-refractivity contribution in [3.05, 3.63) is 0 Å². The summed E-state index contributed by atoms with van der Waals surface area (Å²) < 4.78 is 38.7. The molecule has 4 unspecified atom stereocenters. The van der Waals surface area contributed by atoms with Crippen molar-refractivity contribution in [1.29, 1.82) is 0 Å². The number of nitrogens with one attached hydrogen (secondary N) is 1. The molecule has 0 aromatic carbocycles. The highest BCUT2D eigenvalue weighted by atomic mass is 19.4. The van der Waals surface area contributed by atoms with E-state index in [1.807, 2.05) is 6.92 Å². The monoisotopic (exact) mass is 279 g/mol. The molecule has 0 aromatic rings. The maximum absolute atomic E-state index is 12.9. The van der Waals surface area contributed by atoms with E-state index in [0.717, 1.165) is 32.2 Å². The number of hydrogen-bond donors (Lipinski definition) is 1. The fraction of sp³-hybridized carbons (Fsp3) is 1.00. The van der Waals surface area contributed by atoms with Gasteiger partial charge < -0.3 is 5.32 Å². The Morgan fingerprint density at radius 2 is 1.89 bits per heavy atom. The topological polar surface area (TPSA) is 12.0 Å². The van der Waals surface area contributed by atoms with Crippen LogP contribution in [0.5, 0.6) is 0 Å². The smallest absolute Gasteiger partial charge is 0.314 e. The van der Waals surface area contributed by atoms with Crippen LogP contribution >= 0.6 is 0 Å². The van der Waals surface area contributed by atoms with Gasteiger partial charge in [-0.25, -0.2) is 0 Å². The minimum Gasteiger partial charge on any atom is -0.314 e. The molecule has 4 heteroatoms. The summed E-state index contributed by atoms with van der Waals surface area (Å²) in [6, 6.07) is 0.245. The zero-order valence-corrected chi connectivity index (χ0v) is 12.4. The number of rotatable bonds is 6. The highest BCUT2D eigenvalue weighted by molar-refractivity contribution is 4.87. The molecule has 0 radical (unpaired) electrons. The summed E-state index contributed by atoms with van der Waals surface area (Å²) in [5.74, 6) is -0.440. The first kappa shape index (κ1) is 16.8. The normalized spacial score (nSPS) is 28.1. The molecule has 1 N–H and O–H groups in total. The zero-order valence-electron chi connectivity index (χ0n) is 12.4. The van der Waals surface area contributed by atoms with Gasteiger partial charge in [0.15, 0.2) is 0 Å². The predicted octanol–water partition coefficient (Wildman–Crippen LogP) is 4.77. The van der Waals surface area contributed by atoms with E-state index in [1.165, 1.54) is 0 Å². The van der Waals surface area contributed by atoms with Crippen molar-refractivity contribution in [3.8, 4) is 0 Å². The van der Waals surface area contributed by atoms with Gasteiger partial charge in [0.2, 0.25) is 0 Å². The molecule has 0 saturated heterocycles. The Bertz CT molecular complexity index is 252. The Kier molecular flexibility index (Phi) is 6.64. The van der Waals surface area contributed by atoms with E-state index in [-0.39, 0.29) is 12.0 Å². The van der Waals surface area contributed by atoms with Gasteiger partial charge in [-0.3, -0.25) is 0 Å². The van der Waals surface area contributed by atoms with Gasteiger partial charge in [-0.1, -0.05) is 33.6 Å². The largest absolute Gasteiger partial charge is 0.391 e. The van der Waals surface area contributed by atoms with Crippen molar-refractivity contribution in [2.75, 3.05) is 6.54 Å². The molecule has 19 heavy (non-hydrogen) atoms. The van der Waals surface area contributed by atoms with Gasteiger partial charge in [0.05, 0.1) is 5.92 Å². The third-order valence-electron chi connectivity index (χ3n) is 4.48. The van der Waals surface area contributed by atoms with E-state index >= 15 is 0 Å². The van der Waals surface area contributed by atoms with Gasteiger partial charge in [-0.2, -0.15) is 13.2 Å². The molecule has 0 amide bonds. The van der Waals surface area contributed by atoms with Gasteiger partial charge in [-0.05, 0) is 44.1 Å². The van der Waals surface area contributed by atoms with Crippen molar-refractivity contribution in [2.24, 2.45) is 17.8 Å². The summed E-state index contributed by atoms with van der Waals surface area (Å²) in [5, 5.41) is 3.44. The summed E-state index contributed by atoms with van der Waals surface area (Å²) >= 11 is 0. The minimum absolute atomic E-state index is 0.182. The molecule has 1 fully saturated rings. The molecule has 1 aliphatic rings. The molecule has 0 spiro atoms. The van der Waals surface area contributed by atoms with Gasteiger partial charge in [0, 0.05) is 6.04 Å². The SMILES string of the molecule is CCCC(C)C(NCC)C1CCCC(C(F)(F)F)C1. The average Bonchev–Trinajstić information content (AvgIpc) is 2.35. The third-order valence-corrected chi connectivity index (χ3v) is 4.48. The highest BCUT2D eigenvalue weighted by Crippen LogP contribution is 2.42. The Balaban J connectivity index is 2.67. The van der Waals surface area contributed by atoms with Crippen LogP contribution in [-0.2, 0) is 0 Å². The van der Waals surface area contributed by atoms with Crippen LogP contribution in [0.3, 0.4) is 0 Å². The van der Waals surface area contributed by atoms with E-state index in [9.17, 15) is 13.2 Å². The second kappa shape index (κ2) is 7.51. The van der Waals surface area contributed by atoms with E-state index in [2.05, 4.69) is 19.2 Å². The van der Waals surface area contributed by atoms with Gasteiger partial charge in [-0.15, -0.1) is 0 Å². The summed E-state index contributed by atoms with van der Waals surface area (Å²) in [6.07, 6.45) is 0.469. The molecule has 1 aliphatic carbocycles. The van der Waals surface area contributed by atoms with Crippen molar-refractivity contribution < 1.29 is 13.2 Å². The highest BCUT2D eigenvalue weighted by Gasteiger charge is 2.43. The van der Waals surface area contributed by atoms with Gasteiger partial charge in [0.25, 0.3) is 0 Å². The van der Waals surface area contributed by atoms with Crippen LogP contribution in [-0.4, -0.2) is 18.8 Å². The van der Waals surface area contributed by atoms with Crippen molar-refractivity contribution >= 4 is 0 Å². The van der Waals surface area contributed by atoms with E-state index < -0.39 is 12.1 Å². The summed E-state index contributed by atoms with van der Waals surface area (Å²) in [5.41, 5.74) is 0. The maximum atomic E-state index is 12.9. The zero-order chi connectivity index (χ0) is 14.5. The number of hydrogen-bond acceptors (Lipinski definition) is 1. The molecule has 0 heterocycles. The third kappa shape index (κ3) is 4.97. The molecule has 1 rings (SSSR count). The van der Waals surface area contributed by atoms with Gasteiger partial charge >= 0.3 is 6.18 Å². The molecule has 1 saturated carbocycles. The quantitative estimate of drug-likeness (QED) is 0.738. The lowest BCUT2D eigenvalue weighted by atomic mass is 9.73. The molecule has 0 aliphatic heterocycles. The van der Waals surface area contributed by atoms with Crippen LogP contribution in [0, 0.1) is 17.8 Å². The Morgan fingerprint density at radius 1 is 1.21 bits per heavy atom. The van der Waals surface area contributed by atoms with Crippen LogP contribution in [0.1, 0.15) is 59.3 Å². The minimum atomic E-state index is -4.01. The lowest BCUT2D eigenvalue weighted by Crippen LogP contribution is -2.44. The molecule has 0 aromatic heterocycles. The second-order valence-electron chi connectivity index (χ2n) is 6.01. The molecule has 114 valence electrons. The van der Waals surface area contributed by atoms with Crippen LogP contribution in [0.15, 0.2) is 0 Å². The first-order valence-electron chi connectivity index (χ1n) is 7.70. The summed E-state index contributed by atoms with van der Waals surface area (Å²) in [7, 11) is 0. The molecule has 4 atom stereocenters. The van der Waals surface area contributed by atoms with E-state index in [1.54, 1.807) is 0 Å². The van der Waals surface area contributed by atoms with Crippen molar-refractivity contribution in [3.63, 3.8) is 0 Å². The molecule has 1 nitrogen and oxygen atoms in total. The van der Waals surface area contributed by atoms with Crippen molar-refractivity contribution in [1.82, 2.24) is 5.32 Å². The van der Waals surface area contributed by atoms with E-state index in [0.29, 0.717) is 18.8 Å². The average molecular weight is 279 g/mol. The maximum Gasteiger partial charge on any atom is 0.391 e. The van der Waals surface area contributed by atoms with Crippen molar-refractivity contribution in [2.45, 2.75) is 71.5 Å². The van der Waals surface area contributed by atoms with Crippen LogP contribution < -0.4 is 5.32 Å². The van der Waals surface area contributed by atoms with Crippen LogP contribution in [0.25, 0.3) is 0 Å². The number of halogens is 3. The molecular formula is C15H28F3N. The fourth-order valence-corrected chi connectivity index (χ4v) is 3.55. The molecular weight excluding hydrogens is 251 g/mol. The van der Waals surface area contributed by atoms with Gasteiger partial charge in [0.1, 0.15) is 0 Å². The molecule has 0 bridgehead atoms. The van der Waals surface area contributed by atoms with E-state index in [4.69, 9.17) is 0 Å². The Labute approximate surface area is 115 Å². The standard InChI is InChI=1S/C15H28F3N/c1-4-7-11(3)14(19-5-2)12-8-6-9-13(10-12)15(16,17)18/h11-14,19H,4-10H2,1-3H3. The first-order chi connectivity index (χ1) is 8.90. The second-order valence-corrected chi connectivity index (χ2v) is 6.01.